The molecule has 0 aromatic rings. The number of nitrogens with one attached hydrogen (secondary N) is 1. The average Bonchev–Trinajstić information content (AvgIpc) is 1.87. The minimum atomic E-state index is -2.67. The summed E-state index contributed by atoms with van der Waals surface area (Å²) in [5, 5.41) is 11.3. The number of hydrogen-bond donors (Lipinski definition) is 2. The molecule has 2 N–H and O–H groups in total. The van der Waals surface area contributed by atoms with Crippen molar-refractivity contribution in [3.8, 4) is 0 Å². The highest BCUT2D eigenvalue weighted by Gasteiger charge is 2.40. The van der Waals surface area contributed by atoms with Crippen molar-refractivity contribution in [3.05, 3.63) is 0 Å². The molecule has 60 valence electrons. The van der Waals surface area contributed by atoms with E-state index in [0.717, 1.165) is 0 Å². The first-order valence-electron chi connectivity index (χ1n) is 3.36. The van der Waals surface area contributed by atoms with E-state index in [-0.39, 0.29) is 13.0 Å². The van der Waals surface area contributed by atoms with Crippen LogP contribution in [0.15, 0.2) is 0 Å². The zero-order chi connectivity index (χ0) is 7.61. The van der Waals surface area contributed by atoms with Gasteiger partial charge in [-0.1, -0.05) is 0 Å². The smallest absolute Gasteiger partial charge is 0.255 e. The molecule has 0 amide bonds. The van der Waals surface area contributed by atoms with Crippen molar-refractivity contribution in [1.29, 1.82) is 0 Å². The number of aliphatic hydroxyl groups is 1. The zero-order valence-corrected chi connectivity index (χ0v) is 5.61. The van der Waals surface area contributed by atoms with E-state index in [9.17, 15) is 8.78 Å². The topological polar surface area (TPSA) is 32.3 Å². The van der Waals surface area contributed by atoms with Crippen LogP contribution in [0.1, 0.15) is 6.42 Å². The second-order valence-corrected chi connectivity index (χ2v) is 2.59. The van der Waals surface area contributed by atoms with Gasteiger partial charge in [0.25, 0.3) is 5.92 Å². The standard InChI is InChI=1S/C6H11F2NO/c7-6(8)1-2-9-3-5(6)4-10/h5,9-10H,1-4H2/t5-/m1/s1. The Morgan fingerprint density at radius 3 is 2.70 bits per heavy atom. The summed E-state index contributed by atoms with van der Waals surface area (Å²) < 4.78 is 25.3. The van der Waals surface area contributed by atoms with Gasteiger partial charge in [0.05, 0.1) is 12.5 Å². The van der Waals surface area contributed by atoms with Crippen molar-refractivity contribution in [2.24, 2.45) is 5.92 Å². The van der Waals surface area contributed by atoms with Gasteiger partial charge in [-0.15, -0.1) is 0 Å². The van der Waals surface area contributed by atoms with Crippen molar-refractivity contribution >= 4 is 0 Å². The molecule has 0 radical (unpaired) electrons. The fourth-order valence-electron chi connectivity index (χ4n) is 1.08. The van der Waals surface area contributed by atoms with Gasteiger partial charge in [0.15, 0.2) is 0 Å². The van der Waals surface area contributed by atoms with Gasteiger partial charge in [-0.3, -0.25) is 0 Å². The fraction of sp³-hybridized carbons (Fsp3) is 1.00. The highest BCUT2D eigenvalue weighted by atomic mass is 19.3. The third-order valence-electron chi connectivity index (χ3n) is 1.84. The first kappa shape index (κ1) is 7.88. The number of alkyl halides is 2. The third kappa shape index (κ3) is 1.44. The Kier molecular flexibility index (Phi) is 2.21. The van der Waals surface area contributed by atoms with Gasteiger partial charge in [0.1, 0.15) is 0 Å². The molecule has 1 fully saturated rings. The quantitative estimate of drug-likeness (QED) is 0.562. The van der Waals surface area contributed by atoms with Gasteiger partial charge in [-0.2, -0.15) is 0 Å². The van der Waals surface area contributed by atoms with Crippen LogP contribution in [0, 0.1) is 5.92 Å². The average molecular weight is 151 g/mol. The predicted molar refractivity (Wildman–Crippen MR) is 33.0 cm³/mol. The Morgan fingerprint density at radius 2 is 2.30 bits per heavy atom. The molecule has 0 unspecified atom stereocenters. The van der Waals surface area contributed by atoms with Gasteiger partial charge in [-0.05, 0) is 0 Å². The molecule has 2 nitrogen and oxygen atoms in total. The van der Waals surface area contributed by atoms with Gasteiger partial charge in [0.2, 0.25) is 0 Å². The van der Waals surface area contributed by atoms with Crippen LogP contribution in [0.25, 0.3) is 0 Å². The lowest BCUT2D eigenvalue weighted by molar-refractivity contribution is -0.0936. The molecule has 1 aliphatic rings. The highest BCUT2D eigenvalue weighted by Crippen LogP contribution is 2.29. The Labute approximate surface area is 58.2 Å². The first-order valence-corrected chi connectivity index (χ1v) is 3.36. The Bertz CT molecular complexity index is 118. The van der Waals surface area contributed by atoms with Crippen LogP contribution < -0.4 is 5.32 Å². The van der Waals surface area contributed by atoms with E-state index in [4.69, 9.17) is 5.11 Å². The van der Waals surface area contributed by atoms with Gasteiger partial charge >= 0.3 is 0 Å². The number of hydrogen-bond acceptors (Lipinski definition) is 2. The molecule has 1 atom stereocenters. The van der Waals surface area contributed by atoms with Crippen LogP contribution in [0.3, 0.4) is 0 Å². The molecule has 1 aliphatic heterocycles. The van der Waals surface area contributed by atoms with Crippen molar-refractivity contribution in [3.63, 3.8) is 0 Å². The molecule has 10 heavy (non-hydrogen) atoms. The third-order valence-corrected chi connectivity index (χ3v) is 1.84. The molecule has 0 aromatic heterocycles. The van der Waals surface area contributed by atoms with Gasteiger partial charge in [-0.25, -0.2) is 8.78 Å². The molecule has 1 rings (SSSR count). The molecule has 4 heteroatoms. The monoisotopic (exact) mass is 151 g/mol. The Morgan fingerprint density at radius 1 is 1.60 bits per heavy atom. The van der Waals surface area contributed by atoms with E-state index in [1.54, 1.807) is 0 Å². The van der Waals surface area contributed by atoms with Crippen LogP contribution in [-0.2, 0) is 0 Å². The minimum absolute atomic E-state index is 0.155. The van der Waals surface area contributed by atoms with Crippen molar-refractivity contribution in [2.45, 2.75) is 12.3 Å². The van der Waals surface area contributed by atoms with Crippen LogP contribution >= 0.6 is 0 Å². The summed E-state index contributed by atoms with van der Waals surface area (Å²) in [5.41, 5.74) is 0. The van der Waals surface area contributed by atoms with Crippen molar-refractivity contribution < 1.29 is 13.9 Å². The van der Waals surface area contributed by atoms with E-state index in [2.05, 4.69) is 5.32 Å². The van der Waals surface area contributed by atoms with E-state index in [0.29, 0.717) is 6.54 Å². The largest absolute Gasteiger partial charge is 0.396 e. The lowest BCUT2D eigenvalue weighted by atomic mass is 9.96. The van der Waals surface area contributed by atoms with Crippen LogP contribution in [0.2, 0.25) is 0 Å². The van der Waals surface area contributed by atoms with Crippen LogP contribution in [-0.4, -0.2) is 30.7 Å². The summed E-state index contributed by atoms with van der Waals surface area (Å²) >= 11 is 0. The van der Waals surface area contributed by atoms with Crippen LogP contribution in [0.4, 0.5) is 8.78 Å². The molecule has 1 saturated heterocycles. The van der Waals surface area contributed by atoms with Gasteiger partial charge in [0, 0.05) is 19.5 Å². The second kappa shape index (κ2) is 2.80. The lowest BCUT2D eigenvalue weighted by Crippen LogP contribution is -2.46. The maximum absolute atomic E-state index is 12.7. The first-order chi connectivity index (χ1) is 4.67. The maximum Gasteiger partial charge on any atom is 0.255 e. The van der Waals surface area contributed by atoms with E-state index in [1.165, 1.54) is 0 Å². The Hall–Kier alpha value is -0.220. The van der Waals surface area contributed by atoms with E-state index >= 15 is 0 Å². The summed E-state index contributed by atoms with van der Waals surface area (Å²) in [6, 6.07) is 0. The summed E-state index contributed by atoms with van der Waals surface area (Å²) in [6.45, 7) is 0.146. The number of aliphatic hydroxyl groups excluding tert-OH is 1. The van der Waals surface area contributed by atoms with Crippen molar-refractivity contribution in [1.82, 2.24) is 5.32 Å². The molecular formula is C6H11F2NO. The fourth-order valence-corrected chi connectivity index (χ4v) is 1.08. The van der Waals surface area contributed by atoms with Crippen LogP contribution in [0.5, 0.6) is 0 Å². The predicted octanol–water partition coefficient (Wildman–Crippen LogP) is 0.224. The SMILES string of the molecule is OC[C@H]1CNCCC1(F)F. The minimum Gasteiger partial charge on any atom is -0.396 e. The summed E-state index contributed by atoms with van der Waals surface area (Å²) in [6.07, 6.45) is -0.155. The molecule has 0 spiro atoms. The molecule has 0 aliphatic carbocycles. The molecule has 0 saturated carbocycles. The molecule has 1 heterocycles. The molecule has 0 aromatic carbocycles. The molecular weight excluding hydrogens is 140 g/mol. The highest BCUT2D eigenvalue weighted by molar-refractivity contribution is 4.83. The van der Waals surface area contributed by atoms with E-state index in [1.807, 2.05) is 0 Å². The number of piperidine rings is 1. The zero-order valence-electron chi connectivity index (χ0n) is 5.61. The second-order valence-electron chi connectivity index (χ2n) is 2.59. The normalized spacial score (nSPS) is 32.1. The lowest BCUT2D eigenvalue weighted by Gasteiger charge is -2.30. The van der Waals surface area contributed by atoms with Gasteiger partial charge < -0.3 is 10.4 Å². The maximum atomic E-state index is 12.7. The van der Waals surface area contributed by atoms with E-state index < -0.39 is 18.4 Å². The number of halogens is 2. The Balaban J connectivity index is 2.51. The summed E-state index contributed by atoms with van der Waals surface area (Å²) in [7, 11) is 0. The molecule has 0 bridgehead atoms. The summed E-state index contributed by atoms with van der Waals surface area (Å²) in [5.74, 6) is -3.55. The van der Waals surface area contributed by atoms with Crippen molar-refractivity contribution in [2.75, 3.05) is 19.7 Å². The summed E-state index contributed by atoms with van der Waals surface area (Å²) in [4.78, 5) is 0. The number of rotatable bonds is 1.